The molecule has 0 aromatic heterocycles. The molecule has 2 heteroatoms. The largest absolute Gasteiger partial charge is 0.330 e. The molecule has 0 heterocycles. The van der Waals surface area contributed by atoms with Gasteiger partial charge in [0.2, 0.25) is 0 Å². The Morgan fingerprint density at radius 2 is 1.75 bits per heavy atom. The summed E-state index contributed by atoms with van der Waals surface area (Å²) in [5.41, 5.74) is 8.51. The van der Waals surface area contributed by atoms with Gasteiger partial charge in [-0.1, -0.05) is 43.7 Å². The van der Waals surface area contributed by atoms with Crippen molar-refractivity contribution in [2.45, 2.75) is 26.8 Å². The molecule has 0 aliphatic heterocycles. The van der Waals surface area contributed by atoms with Crippen LogP contribution in [0.2, 0.25) is 0 Å². The number of aryl methyl sites for hydroxylation is 1. The molecular formula is C14H24N2. The minimum absolute atomic E-state index is 0.352. The minimum Gasteiger partial charge on any atom is -0.330 e. The Bertz CT molecular complexity index is 303. The summed E-state index contributed by atoms with van der Waals surface area (Å²) in [6, 6.07) is 9.06. The summed E-state index contributed by atoms with van der Waals surface area (Å²) in [4.78, 5) is 0. The molecule has 0 bridgehead atoms. The highest BCUT2D eigenvalue weighted by atomic mass is 14.9. The lowest BCUT2D eigenvalue weighted by Crippen LogP contribution is -2.33. The van der Waals surface area contributed by atoms with Gasteiger partial charge in [0, 0.05) is 6.04 Å². The summed E-state index contributed by atoms with van der Waals surface area (Å²) in [5.74, 6) is 1.07. The zero-order valence-electron chi connectivity index (χ0n) is 10.8. The smallest absolute Gasteiger partial charge is 0.0360 e. The van der Waals surface area contributed by atoms with Crippen LogP contribution in [0.25, 0.3) is 0 Å². The predicted molar refractivity (Wildman–Crippen MR) is 70.4 cm³/mol. The fourth-order valence-electron chi connectivity index (χ4n) is 2.19. The van der Waals surface area contributed by atoms with Crippen molar-refractivity contribution in [3.05, 3.63) is 35.4 Å². The third-order valence-electron chi connectivity index (χ3n) is 3.30. The summed E-state index contributed by atoms with van der Waals surface area (Å²) >= 11 is 0. The molecule has 0 aliphatic rings. The molecular weight excluding hydrogens is 196 g/mol. The third-order valence-corrected chi connectivity index (χ3v) is 3.30. The number of nitrogens with one attached hydrogen (secondary N) is 1. The van der Waals surface area contributed by atoms with Crippen LogP contribution in [-0.4, -0.2) is 13.6 Å². The molecule has 0 aliphatic carbocycles. The summed E-state index contributed by atoms with van der Waals surface area (Å²) in [6.45, 7) is 7.30. The highest BCUT2D eigenvalue weighted by Gasteiger charge is 2.23. The maximum absolute atomic E-state index is 5.88. The van der Waals surface area contributed by atoms with Crippen LogP contribution < -0.4 is 11.1 Å². The fourth-order valence-corrected chi connectivity index (χ4v) is 2.19. The summed E-state index contributed by atoms with van der Waals surface area (Å²) in [6.07, 6.45) is 0. The average molecular weight is 220 g/mol. The Morgan fingerprint density at radius 1 is 1.19 bits per heavy atom. The Hall–Kier alpha value is -0.860. The van der Waals surface area contributed by atoms with Crippen molar-refractivity contribution >= 4 is 0 Å². The third kappa shape index (κ3) is 3.06. The van der Waals surface area contributed by atoms with Gasteiger partial charge in [-0.2, -0.15) is 0 Å². The SMILES string of the molecule is CNC(c1ccc(C)cc1)C(CN)C(C)C. The molecule has 0 saturated carbocycles. The second-order valence-electron chi connectivity index (χ2n) is 4.82. The standard InChI is InChI=1S/C14H24N2/c1-10(2)13(9-15)14(16-4)12-7-5-11(3)6-8-12/h5-8,10,13-14,16H,9,15H2,1-4H3. The Morgan fingerprint density at radius 3 is 2.12 bits per heavy atom. The van der Waals surface area contributed by atoms with Crippen LogP contribution in [0.3, 0.4) is 0 Å². The molecule has 0 spiro atoms. The maximum atomic E-state index is 5.88. The van der Waals surface area contributed by atoms with E-state index < -0.39 is 0 Å². The van der Waals surface area contributed by atoms with E-state index in [1.54, 1.807) is 0 Å². The molecule has 2 atom stereocenters. The lowest BCUT2D eigenvalue weighted by Gasteiger charge is -2.29. The minimum atomic E-state index is 0.352. The second-order valence-corrected chi connectivity index (χ2v) is 4.82. The fraction of sp³-hybridized carbons (Fsp3) is 0.571. The Labute approximate surface area is 99.2 Å². The molecule has 1 aromatic rings. The molecule has 2 unspecified atom stereocenters. The van der Waals surface area contributed by atoms with Crippen molar-refractivity contribution < 1.29 is 0 Å². The number of hydrogen-bond acceptors (Lipinski definition) is 2. The topological polar surface area (TPSA) is 38.0 Å². The average Bonchev–Trinajstić information content (AvgIpc) is 2.26. The van der Waals surface area contributed by atoms with Gasteiger partial charge < -0.3 is 11.1 Å². The first-order valence-corrected chi connectivity index (χ1v) is 6.04. The second kappa shape index (κ2) is 6.02. The van der Waals surface area contributed by atoms with Crippen LogP contribution in [0.4, 0.5) is 0 Å². The summed E-state index contributed by atoms with van der Waals surface area (Å²) in [5, 5.41) is 3.39. The first-order chi connectivity index (χ1) is 7.60. The van der Waals surface area contributed by atoms with E-state index in [1.807, 2.05) is 7.05 Å². The van der Waals surface area contributed by atoms with Crippen LogP contribution in [0.1, 0.15) is 31.0 Å². The van der Waals surface area contributed by atoms with Crippen molar-refractivity contribution in [3.63, 3.8) is 0 Å². The van der Waals surface area contributed by atoms with Crippen LogP contribution in [0, 0.1) is 18.8 Å². The van der Waals surface area contributed by atoms with Crippen molar-refractivity contribution in [2.24, 2.45) is 17.6 Å². The number of hydrogen-bond donors (Lipinski definition) is 2. The molecule has 90 valence electrons. The molecule has 1 rings (SSSR count). The van der Waals surface area contributed by atoms with Crippen molar-refractivity contribution in [3.8, 4) is 0 Å². The van der Waals surface area contributed by atoms with E-state index in [0.29, 0.717) is 17.9 Å². The van der Waals surface area contributed by atoms with Gasteiger partial charge in [0.05, 0.1) is 0 Å². The molecule has 0 amide bonds. The van der Waals surface area contributed by atoms with Crippen molar-refractivity contribution in [1.82, 2.24) is 5.32 Å². The van der Waals surface area contributed by atoms with E-state index in [4.69, 9.17) is 5.73 Å². The van der Waals surface area contributed by atoms with Gasteiger partial charge in [-0.3, -0.25) is 0 Å². The Kier molecular flexibility index (Phi) is 4.97. The lowest BCUT2D eigenvalue weighted by molar-refractivity contribution is 0.299. The predicted octanol–water partition coefficient (Wildman–Crippen LogP) is 2.49. The summed E-state index contributed by atoms with van der Waals surface area (Å²) < 4.78 is 0. The number of nitrogens with two attached hydrogens (primary N) is 1. The van der Waals surface area contributed by atoms with Crippen LogP contribution in [0.15, 0.2) is 24.3 Å². The van der Waals surface area contributed by atoms with E-state index in [9.17, 15) is 0 Å². The van der Waals surface area contributed by atoms with E-state index in [2.05, 4.69) is 50.4 Å². The van der Waals surface area contributed by atoms with Gasteiger partial charge in [-0.15, -0.1) is 0 Å². The highest BCUT2D eigenvalue weighted by molar-refractivity contribution is 5.24. The first kappa shape index (κ1) is 13.2. The van der Waals surface area contributed by atoms with Gasteiger partial charge >= 0.3 is 0 Å². The number of benzene rings is 1. The van der Waals surface area contributed by atoms with E-state index in [-0.39, 0.29) is 0 Å². The van der Waals surface area contributed by atoms with Crippen molar-refractivity contribution in [2.75, 3.05) is 13.6 Å². The van der Waals surface area contributed by atoms with E-state index in [1.165, 1.54) is 11.1 Å². The van der Waals surface area contributed by atoms with E-state index >= 15 is 0 Å². The molecule has 16 heavy (non-hydrogen) atoms. The Balaban J connectivity index is 2.92. The van der Waals surface area contributed by atoms with Crippen LogP contribution >= 0.6 is 0 Å². The van der Waals surface area contributed by atoms with E-state index in [0.717, 1.165) is 6.54 Å². The molecule has 0 fully saturated rings. The van der Waals surface area contributed by atoms with Gasteiger partial charge in [0.1, 0.15) is 0 Å². The van der Waals surface area contributed by atoms with Gasteiger partial charge in [-0.05, 0) is 37.9 Å². The first-order valence-electron chi connectivity index (χ1n) is 6.04. The van der Waals surface area contributed by atoms with Gasteiger partial charge in [0.15, 0.2) is 0 Å². The van der Waals surface area contributed by atoms with Gasteiger partial charge in [0.25, 0.3) is 0 Å². The zero-order valence-corrected chi connectivity index (χ0v) is 10.8. The maximum Gasteiger partial charge on any atom is 0.0360 e. The summed E-state index contributed by atoms with van der Waals surface area (Å²) in [7, 11) is 2.01. The quantitative estimate of drug-likeness (QED) is 0.800. The van der Waals surface area contributed by atoms with Gasteiger partial charge in [-0.25, -0.2) is 0 Å². The molecule has 1 aromatic carbocycles. The number of rotatable bonds is 5. The lowest BCUT2D eigenvalue weighted by atomic mass is 9.84. The normalized spacial score (nSPS) is 15.1. The highest BCUT2D eigenvalue weighted by Crippen LogP contribution is 2.27. The monoisotopic (exact) mass is 220 g/mol. The molecule has 2 nitrogen and oxygen atoms in total. The van der Waals surface area contributed by atoms with Crippen LogP contribution in [-0.2, 0) is 0 Å². The van der Waals surface area contributed by atoms with Crippen LogP contribution in [0.5, 0.6) is 0 Å². The zero-order chi connectivity index (χ0) is 12.1. The molecule has 3 N–H and O–H groups in total. The molecule has 0 radical (unpaired) electrons. The molecule has 0 saturated heterocycles. The van der Waals surface area contributed by atoms with Crippen molar-refractivity contribution in [1.29, 1.82) is 0 Å².